The van der Waals surface area contributed by atoms with Gasteiger partial charge in [0.25, 0.3) is 5.92 Å². The number of piperazine rings is 1. The summed E-state index contributed by atoms with van der Waals surface area (Å²) < 4.78 is 33.5. The van der Waals surface area contributed by atoms with Crippen LogP contribution in [-0.2, 0) is 5.92 Å². The maximum Gasteiger partial charge on any atom is 0.298 e. The van der Waals surface area contributed by atoms with E-state index in [1.165, 1.54) is 24.3 Å². The summed E-state index contributed by atoms with van der Waals surface area (Å²) in [5.74, 6) is -2.75. The van der Waals surface area contributed by atoms with E-state index in [4.69, 9.17) is 11.6 Å². The van der Waals surface area contributed by atoms with Crippen molar-refractivity contribution in [3.05, 3.63) is 102 Å². The van der Waals surface area contributed by atoms with Gasteiger partial charge in [-0.25, -0.2) is 9.29 Å². The van der Waals surface area contributed by atoms with Crippen LogP contribution in [0.25, 0.3) is 5.70 Å². The van der Waals surface area contributed by atoms with E-state index < -0.39 is 5.92 Å². The Balaban J connectivity index is 1.36. The zero-order valence-corrected chi connectivity index (χ0v) is 25.1. The van der Waals surface area contributed by atoms with E-state index in [1.54, 1.807) is 24.1 Å². The second kappa shape index (κ2) is 14.7. The molecule has 0 radical (unpaired) electrons. The van der Waals surface area contributed by atoms with Gasteiger partial charge < -0.3 is 15.5 Å². The van der Waals surface area contributed by atoms with Crippen molar-refractivity contribution in [2.45, 2.75) is 37.0 Å². The molecule has 2 N–H and O–H groups in total. The largest absolute Gasteiger partial charge is 0.385 e. The lowest BCUT2D eigenvalue weighted by Crippen LogP contribution is -2.43. The van der Waals surface area contributed by atoms with Gasteiger partial charge in [-0.05, 0) is 73.2 Å². The number of hydrogen-bond acceptors (Lipinski definition) is 6. The molecule has 2 heterocycles. The highest BCUT2D eigenvalue weighted by molar-refractivity contribution is 7.97. The van der Waals surface area contributed by atoms with Crippen molar-refractivity contribution in [3.8, 4) is 0 Å². The zero-order chi connectivity index (χ0) is 29.2. The van der Waals surface area contributed by atoms with Crippen LogP contribution in [0.5, 0.6) is 0 Å². The predicted molar refractivity (Wildman–Crippen MR) is 170 cm³/mol. The molecule has 0 amide bonds. The molecule has 0 atom stereocenters. The first-order chi connectivity index (χ1) is 19.8. The van der Waals surface area contributed by atoms with Crippen LogP contribution in [-0.4, -0.2) is 48.6 Å². The average molecular weight is 598 g/mol. The van der Waals surface area contributed by atoms with Crippen LogP contribution in [0.3, 0.4) is 0 Å². The summed E-state index contributed by atoms with van der Waals surface area (Å²) in [5.41, 5.74) is 2.34. The van der Waals surface area contributed by atoms with Gasteiger partial charge in [0.1, 0.15) is 11.0 Å². The molecule has 1 aliphatic heterocycles. The number of allylic oxidation sites excluding steroid dienone is 1. The number of halogens is 3. The van der Waals surface area contributed by atoms with Gasteiger partial charge in [0.05, 0.1) is 0 Å². The summed E-state index contributed by atoms with van der Waals surface area (Å²) in [5, 5.41) is 6.68. The number of alkyl halides is 2. The van der Waals surface area contributed by atoms with Gasteiger partial charge in [0.2, 0.25) is 0 Å². The zero-order valence-electron chi connectivity index (χ0n) is 23.5. The Hall–Kier alpha value is -3.07. The van der Waals surface area contributed by atoms with E-state index in [2.05, 4.69) is 64.3 Å². The van der Waals surface area contributed by atoms with Gasteiger partial charge in [0, 0.05) is 66.7 Å². The number of nitrogens with zero attached hydrogens (tertiary/aromatic N) is 3. The number of anilines is 2. The monoisotopic (exact) mass is 597 g/mol. The molecule has 1 aromatic heterocycles. The van der Waals surface area contributed by atoms with Gasteiger partial charge in [0.15, 0.2) is 0 Å². The summed E-state index contributed by atoms with van der Waals surface area (Å²) in [7, 11) is 0. The molecule has 1 fully saturated rings. The van der Waals surface area contributed by atoms with Crippen LogP contribution < -0.4 is 15.5 Å². The standard InChI is InChI=1S/C32H38ClF2N5S/c1-4-6-7-17-37-28-12-14-29(15-13-28)41-40-20-18-39(19-21-40)31-23-27(22-30(33)38-31)32(34,35)26-10-8-25(9-11-26)24(3)36-16-5-2/h4,8-15,22-23,36-37H,1,3,5-7,16-21H2,2H3. The van der Waals surface area contributed by atoms with E-state index >= 15 is 8.78 Å². The number of hydrogen-bond donors (Lipinski definition) is 2. The minimum absolute atomic E-state index is 0.0564. The molecule has 3 aromatic rings. The summed E-state index contributed by atoms with van der Waals surface area (Å²) in [4.78, 5) is 7.57. The predicted octanol–water partition coefficient (Wildman–Crippen LogP) is 8.05. The average Bonchev–Trinajstić information content (AvgIpc) is 2.99. The Morgan fingerprint density at radius 1 is 1.02 bits per heavy atom. The Kier molecular flexibility index (Phi) is 11.1. The van der Waals surface area contributed by atoms with Crippen LogP contribution in [0.2, 0.25) is 5.15 Å². The molecular weight excluding hydrogens is 560 g/mol. The van der Waals surface area contributed by atoms with Crippen molar-refractivity contribution in [2.75, 3.05) is 49.5 Å². The first-order valence-electron chi connectivity index (χ1n) is 14.0. The van der Waals surface area contributed by atoms with Crippen molar-refractivity contribution in [3.63, 3.8) is 0 Å². The molecule has 41 heavy (non-hydrogen) atoms. The SMILES string of the molecule is C=CCCCNc1ccc(SN2CCN(c3cc(C(F)(F)c4ccc(C(=C)NCCC)cc4)cc(Cl)n3)CC2)cc1. The summed E-state index contributed by atoms with van der Waals surface area (Å²) in [6, 6.07) is 17.4. The topological polar surface area (TPSA) is 43.4 Å². The first-order valence-corrected chi connectivity index (χ1v) is 15.2. The van der Waals surface area contributed by atoms with E-state index in [-0.39, 0.29) is 16.3 Å². The van der Waals surface area contributed by atoms with Crippen molar-refractivity contribution >= 4 is 40.8 Å². The lowest BCUT2D eigenvalue weighted by Gasteiger charge is -2.35. The fraction of sp³-hybridized carbons (Fsp3) is 0.344. The third-order valence-electron chi connectivity index (χ3n) is 6.89. The number of pyridine rings is 1. The quantitative estimate of drug-likeness (QED) is 0.0848. The molecular formula is C32H38ClF2N5S. The Labute approximate surface area is 251 Å². The Morgan fingerprint density at radius 2 is 1.73 bits per heavy atom. The molecule has 218 valence electrons. The van der Waals surface area contributed by atoms with E-state index in [9.17, 15) is 0 Å². The highest BCUT2D eigenvalue weighted by Gasteiger charge is 2.35. The van der Waals surface area contributed by atoms with Crippen LogP contribution >= 0.6 is 23.5 Å². The second-order valence-corrected chi connectivity index (χ2v) is 11.5. The van der Waals surface area contributed by atoms with Crippen molar-refractivity contribution in [1.29, 1.82) is 0 Å². The number of rotatable bonds is 14. The number of unbranched alkanes of at least 4 members (excludes halogenated alkanes) is 1. The molecule has 0 spiro atoms. The smallest absolute Gasteiger partial charge is 0.298 e. The molecule has 0 bridgehead atoms. The van der Waals surface area contributed by atoms with Gasteiger partial charge in [-0.1, -0.05) is 55.4 Å². The van der Waals surface area contributed by atoms with Gasteiger partial charge in [-0.2, -0.15) is 8.78 Å². The minimum Gasteiger partial charge on any atom is -0.385 e. The summed E-state index contributed by atoms with van der Waals surface area (Å²) in [6.07, 6.45) is 4.95. The Bertz CT molecular complexity index is 1290. The molecule has 5 nitrogen and oxygen atoms in total. The lowest BCUT2D eigenvalue weighted by atomic mass is 9.99. The van der Waals surface area contributed by atoms with E-state index in [0.717, 1.165) is 67.3 Å². The number of benzene rings is 2. The molecule has 0 aliphatic carbocycles. The maximum atomic E-state index is 15.6. The fourth-order valence-corrected chi connectivity index (χ4v) is 5.63. The fourth-order valence-electron chi connectivity index (χ4n) is 4.52. The summed E-state index contributed by atoms with van der Waals surface area (Å²) >= 11 is 7.97. The Morgan fingerprint density at radius 3 is 2.39 bits per heavy atom. The van der Waals surface area contributed by atoms with Crippen LogP contribution in [0, 0.1) is 0 Å². The van der Waals surface area contributed by atoms with Crippen LogP contribution in [0.15, 0.2) is 84.8 Å². The maximum absolute atomic E-state index is 15.6. The third-order valence-corrected chi connectivity index (χ3v) is 8.19. The molecule has 4 rings (SSSR count). The van der Waals surface area contributed by atoms with E-state index in [0.29, 0.717) is 18.9 Å². The minimum atomic E-state index is -3.22. The lowest BCUT2D eigenvalue weighted by molar-refractivity contribution is 0.0428. The molecule has 0 saturated carbocycles. The van der Waals surface area contributed by atoms with Crippen LogP contribution in [0.1, 0.15) is 42.9 Å². The van der Waals surface area contributed by atoms with Crippen molar-refractivity contribution < 1.29 is 8.78 Å². The van der Waals surface area contributed by atoms with Gasteiger partial charge in [-0.15, -0.1) is 6.58 Å². The normalized spacial score (nSPS) is 14.1. The third kappa shape index (κ3) is 8.47. The first kappa shape index (κ1) is 30.9. The summed E-state index contributed by atoms with van der Waals surface area (Å²) in [6.45, 7) is 14.4. The van der Waals surface area contributed by atoms with E-state index in [1.807, 2.05) is 11.0 Å². The molecule has 2 aromatic carbocycles. The van der Waals surface area contributed by atoms with Crippen molar-refractivity contribution in [1.82, 2.24) is 14.6 Å². The highest BCUT2D eigenvalue weighted by Crippen LogP contribution is 2.38. The molecule has 1 saturated heterocycles. The van der Waals surface area contributed by atoms with Crippen LogP contribution in [0.4, 0.5) is 20.3 Å². The highest BCUT2D eigenvalue weighted by atomic mass is 35.5. The number of nitrogens with one attached hydrogen (secondary N) is 2. The van der Waals surface area contributed by atoms with Gasteiger partial charge >= 0.3 is 0 Å². The molecule has 1 aliphatic rings. The molecule has 9 heteroatoms. The number of aromatic nitrogens is 1. The van der Waals surface area contributed by atoms with Gasteiger partial charge in [-0.3, -0.25) is 0 Å². The second-order valence-electron chi connectivity index (χ2n) is 9.98. The van der Waals surface area contributed by atoms with Crippen molar-refractivity contribution in [2.24, 2.45) is 0 Å². The molecule has 0 unspecified atom stereocenters.